The zero-order valence-electron chi connectivity index (χ0n) is 15.3. The van der Waals surface area contributed by atoms with E-state index in [1.165, 1.54) is 29.8 Å². The van der Waals surface area contributed by atoms with E-state index in [0.717, 1.165) is 5.56 Å². The first kappa shape index (κ1) is 19.5. The van der Waals surface area contributed by atoms with Gasteiger partial charge in [0.1, 0.15) is 11.5 Å². The van der Waals surface area contributed by atoms with Gasteiger partial charge in [0.25, 0.3) is 16.1 Å². The van der Waals surface area contributed by atoms with Gasteiger partial charge in [0, 0.05) is 40.3 Å². The summed E-state index contributed by atoms with van der Waals surface area (Å²) in [6.45, 7) is 3.05. The Kier molecular flexibility index (Phi) is 5.91. The van der Waals surface area contributed by atoms with Crippen LogP contribution in [0.1, 0.15) is 15.9 Å². The molecule has 1 aliphatic rings. The lowest BCUT2D eigenvalue weighted by Crippen LogP contribution is -2.53. The second kappa shape index (κ2) is 7.59. The van der Waals surface area contributed by atoms with E-state index in [9.17, 15) is 13.2 Å². The molecule has 1 amide bonds. The summed E-state index contributed by atoms with van der Waals surface area (Å²) in [5.41, 5.74) is 1.28. The van der Waals surface area contributed by atoms with E-state index in [-0.39, 0.29) is 19.0 Å². The van der Waals surface area contributed by atoms with Gasteiger partial charge >= 0.3 is 0 Å². The lowest BCUT2D eigenvalue weighted by molar-refractivity contribution is 0.0691. The third-order valence-corrected chi connectivity index (χ3v) is 6.20. The quantitative estimate of drug-likeness (QED) is 0.756. The number of amides is 1. The van der Waals surface area contributed by atoms with Gasteiger partial charge in [0.05, 0.1) is 19.8 Å². The number of piperazine rings is 1. The molecule has 8 nitrogen and oxygen atoms in total. The summed E-state index contributed by atoms with van der Waals surface area (Å²) in [6.07, 6.45) is 0. The van der Waals surface area contributed by atoms with Crippen LogP contribution in [0.4, 0.5) is 0 Å². The molecule has 1 fully saturated rings. The molecular weight excluding hydrogens is 346 g/mol. The normalized spacial score (nSPS) is 16.2. The highest BCUT2D eigenvalue weighted by Gasteiger charge is 2.31. The van der Waals surface area contributed by atoms with Crippen LogP contribution >= 0.6 is 0 Å². The Morgan fingerprint density at radius 2 is 1.60 bits per heavy atom. The molecule has 0 bridgehead atoms. The fraction of sp³-hybridized carbons (Fsp3) is 0.562. The monoisotopic (exact) mass is 371 g/mol. The summed E-state index contributed by atoms with van der Waals surface area (Å²) in [7, 11) is 2.60. The van der Waals surface area contributed by atoms with Crippen LogP contribution < -0.4 is 9.47 Å². The standard InChI is InChI=1S/C16H25N3O5S/c1-12-10-15(24-5)13(11-14(12)23-4)16(20)18-6-8-19(9-7-18)25(21,22)17(2)3/h10-11H,6-9H2,1-5H3. The van der Waals surface area contributed by atoms with Crippen molar-refractivity contribution in [2.75, 3.05) is 54.5 Å². The van der Waals surface area contributed by atoms with Gasteiger partial charge in [-0.15, -0.1) is 0 Å². The van der Waals surface area contributed by atoms with Crippen molar-refractivity contribution in [2.24, 2.45) is 0 Å². The molecule has 1 aliphatic heterocycles. The Hall–Kier alpha value is -1.84. The molecule has 0 spiro atoms. The van der Waals surface area contributed by atoms with Crippen LogP contribution in [0.15, 0.2) is 12.1 Å². The lowest BCUT2D eigenvalue weighted by atomic mass is 10.1. The third kappa shape index (κ3) is 3.88. The van der Waals surface area contributed by atoms with Crippen molar-refractivity contribution in [3.05, 3.63) is 23.3 Å². The van der Waals surface area contributed by atoms with E-state index in [1.54, 1.807) is 24.1 Å². The number of nitrogens with zero attached hydrogens (tertiary/aromatic N) is 3. The van der Waals surface area contributed by atoms with E-state index in [0.29, 0.717) is 30.2 Å². The van der Waals surface area contributed by atoms with Gasteiger partial charge in [-0.25, -0.2) is 0 Å². The van der Waals surface area contributed by atoms with Gasteiger partial charge in [0.2, 0.25) is 0 Å². The van der Waals surface area contributed by atoms with E-state index >= 15 is 0 Å². The van der Waals surface area contributed by atoms with Crippen molar-refractivity contribution in [3.63, 3.8) is 0 Å². The Labute approximate surface area is 149 Å². The summed E-state index contributed by atoms with van der Waals surface area (Å²) in [4.78, 5) is 14.5. The van der Waals surface area contributed by atoms with Crippen molar-refractivity contribution < 1.29 is 22.7 Å². The molecule has 1 aromatic carbocycles. The molecule has 0 atom stereocenters. The number of methoxy groups -OCH3 is 2. The molecule has 1 heterocycles. The highest BCUT2D eigenvalue weighted by molar-refractivity contribution is 7.86. The number of carbonyl (C=O) groups excluding carboxylic acids is 1. The molecule has 0 unspecified atom stereocenters. The maximum absolute atomic E-state index is 12.9. The zero-order valence-corrected chi connectivity index (χ0v) is 16.1. The number of ether oxygens (including phenoxy) is 2. The average Bonchev–Trinajstić information content (AvgIpc) is 2.60. The van der Waals surface area contributed by atoms with Gasteiger partial charge < -0.3 is 14.4 Å². The van der Waals surface area contributed by atoms with Crippen LogP contribution in [0.3, 0.4) is 0 Å². The van der Waals surface area contributed by atoms with Gasteiger partial charge in [-0.05, 0) is 24.6 Å². The molecule has 25 heavy (non-hydrogen) atoms. The fourth-order valence-corrected chi connectivity index (χ4v) is 3.83. The number of carbonyl (C=O) groups is 1. The summed E-state index contributed by atoms with van der Waals surface area (Å²) >= 11 is 0. The topological polar surface area (TPSA) is 79.4 Å². The zero-order chi connectivity index (χ0) is 18.8. The first-order valence-corrected chi connectivity index (χ1v) is 9.31. The maximum Gasteiger partial charge on any atom is 0.281 e. The lowest BCUT2D eigenvalue weighted by Gasteiger charge is -2.35. The minimum atomic E-state index is -3.46. The van der Waals surface area contributed by atoms with Crippen LogP contribution in [0, 0.1) is 6.92 Å². The minimum absolute atomic E-state index is 0.197. The number of rotatable bonds is 5. The predicted molar refractivity (Wildman–Crippen MR) is 94.4 cm³/mol. The van der Waals surface area contributed by atoms with Crippen LogP contribution in [-0.4, -0.2) is 82.3 Å². The summed E-state index contributed by atoms with van der Waals surface area (Å²) < 4.78 is 37.5. The Balaban J connectivity index is 2.18. The first-order chi connectivity index (χ1) is 11.7. The van der Waals surface area contributed by atoms with E-state index in [4.69, 9.17) is 9.47 Å². The summed E-state index contributed by atoms with van der Waals surface area (Å²) in [6, 6.07) is 3.43. The number of hydrogen-bond acceptors (Lipinski definition) is 5. The van der Waals surface area contributed by atoms with Crippen LogP contribution in [-0.2, 0) is 10.2 Å². The SMILES string of the molecule is COc1cc(C(=O)N2CCN(S(=O)(=O)N(C)C)CC2)c(OC)cc1C. The highest BCUT2D eigenvalue weighted by Crippen LogP contribution is 2.29. The molecule has 0 aliphatic carbocycles. The summed E-state index contributed by atoms with van der Waals surface area (Å²) in [5, 5.41) is 0. The smallest absolute Gasteiger partial charge is 0.281 e. The predicted octanol–water partition coefficient (Wildman–Crippen LogP) is 0.576. The van der Waals surface area contributed by atoms with Gasteiger partial charge in [0.15, 0.2) is 0 Å². The Morgan fingerprint density at radius 1 is 1.04 bits per heavy atom. The van der Waals surface area contributed by atoms with Crippen molar-refractivity contribution in [1.29, 1.82) is 0 Å². The molecule has 0 N–H and O–H groups in total. The van der Waals surface area contributed by atoms with Gasteiger partial charge in [-0.1, -0.05) is 0 Å². The molecule has 2 rings (SSSR count). The van der Waals surface area contributed by atoms with Crippen molar-refractivity contribution in [3.8, 4) is 11.5 Å². The molecule has 9 heteroatoms. The molecule has 1 saturated heterocycles. The molecule has 0 radical (unpaired) electrons. The molecular formula is C16H25N3O5S. The minimum Gasteiger partial charge on any atom is -0.496 e. The number of benzene rings is 1. The fourth-order valence-electron chi connectivity index (χ4n) is 2.74. The second-order valence-corrected chi connectivity index (χ2v) is 8.15. The first-order valence-electron chi connectivity index (χ1n) is 7.91. The molecule has 140 valence electrons. The van der Waals surface area contributed by atoms with E-state index in [2.05, 4.69) is 0 Å². The Morgan fingerprint density at radius 3 is 2.08 bits per heavy atom. The van der Waals surface area contributed by atoms with Gasteiger partial charge in [-0.3, -0.25) is 4.79 Å². The third-order valence-electron chi connectivity index (χ3n) is 4.26. The average molecular weight is 371 g/mol. The molecule has 0 saturated carbocycles. The van der Waals surface area contributed by atoms with E-state index < -0.39 is 10.2 Å². The van der Waals surface area contributed by atoms with E-state index in [1.807, 2.05) is 6.92 Å². The second-order valence-electron chi connectivity index (χ2n) is 6.00. The van der Waals surface area contributed by atoms with Crippen molar-refractivity contribution in [2.45, 2.75) is 6.92 Å². The largest absolute Gasteiger partial charge is 0.496 e. The highest BCUT2D eigenvalue weighted by atomic mass is 32.2. The van der Waals surface area contributed by atoms with Crippen molar-refractivity contribution >= 4 is 16.1 Å². The number of hydrogen-bond donors (Lipinski definition) is 0. The summed E-state index contributed by atoms with van der Waals surface area (Å²) in [5.74, 6) is 0.890. The maximum atomic E-state index is 12.9. The van der Waals surface area contributed by atoms with Crippen LogP contribution in [0.5, 0.6) is 11.5 Å². The number of aryl methyl sites for hydroxylation is 1. The Bertz CT molecular complexity index is 740. The molecule has 0 aromatic heterocycles. The van der Waals surface area contributed by atoms with Crippen LogP contribution in [0.2, 0.25) is 0 Å². The van der Waals surface area contributed by atoms with Gasteiger partial charge in [-0.2, -0.15) is 17.0 Å². The van der Waals surface area contributed by atoms with Crippen molar-refractivity contribution in [1.82, 2.24) is 13.5 Å². The van der Waals surface area contributed by atoms with Crippen LogP contribution in [0.25, 0.3) is 0 Å². The molecule has 1 aromatic rings.